The van der Waals surface area contributed by atoms with Crippen LogP contribution in [0, 0.1) is 11.3 Å². The molecule has 2 aromatic carbocycles. The summed E-state index contributed by atoms with van der Waals surface area (Å²) in [7, 11) is 1.28. The van der Waals surface area contributed by atoms with Crippen LogP contribution in [0.2, 0.25) is 0 Å². The van der Waals surface area contributed by atoms with Crippen LogP contribution < -0.4 is 11.1 Å². The average Bonchev–Trinajstić information content (AvgIpc) is 3.43. The maximum Gasteiger partial charge on any atom is 0.316 e. The Morgan fingerprint density at radius 3 is 2.40 bits per heavy atom. The molecule has 176 valence electrons. The predicted molar refractivity (Wildman–Crippen MR) is 130 cm³/mol. The topological polar surface area (TPSA) is 149 Å². The zero-order valence-electron chi connectivity index (χ0n) is 18.6. The minimum absolute atomic E-state index is 0.00224. The first-order chi connectivity index (χ1) is 17.0. The van der Waals surface area contributed by atoms with Crippen molar-refractivity contribution in [1.82, 2.24) is 14.8 Å². The molecule has 3 N–H and O–H groups in total. The van der Waals surface area contributed by atoms with Crippen LogP contribution in [0.15, 0.2) is 70.2 Å². The first-order valence-electron chi connectivity index (χ1n) is 10.4. The number of carbonyl (C=O) groups is 2. The molecule has 0 atom stereocenters. The quantitative estimate of drug-likeness (QED) is 0.280. The molecule has 4 rings (SSSR count). The van der Waals surface area contributed by atoms with E-state index in [2.05, 4.69) is 26.3 Å². The number of nitriles is 1. The summed E-state index contributed by atoms with van der Waals surface area (Å²) in [5.41, 5.74) is 8.17. The summed E-state index contributed by atoms with van der Waals surface area (Å²) in [4.78, 5) is 24.4. The van der Waals surface area contributed by atoms with E-state index in [0.717, 1.165) is 22.9 Å². The molecule has 0 spiro atoms. The van der Waals surface area contributed by atoms with E-state index in [1.165, 1.54) is 11.7 Å². The number of benzene rings is 2. The van der Waals surface area contributed by atoms with Crippen LogP contribution in [0.1, 0.15) is 5.56 Å². The fourth-order valence-electron chi connectivity index (χ4n) is 3.35. The number of hydrogen-bond acceptors (Lipinski definition) is 9. The van der Waals surface area contributed by atoms with E-state index in [1.807, 2.05) is 60.7 Å². The van der Waals surface area contributed by atoms with E-state index in [4.69, 9.17) is 10.2 Å². The highest BCUT2D eigenvalue weighted by Gasteiger charge is 2.25. The third kappa shape index (κ3) is 5.18. The lowest BCUT2D eigenvalue weighted by atomic mass is 9.98. The SMILES string of the molecule is COC(=O)CSc1nnc(N)n1CC(=O)Nc1oc(-c2ccccc2)c(-c2ccccc2)c1C#N. The van der Waals surface area contributed by atoms with Gasteiger partial charge in [-0.3, -0.25) is 19.5 Å². The van der Waals surface area contributed by atoms with Crippen molar-refractivity contribution in [2.45, 2.75) is 11.7 Å². The van der Waals surface area contributed by atoms with Crippen LogP contribution in [0.5, 0.6) is 0 Å². The van der Waals surface area contributed by atoms with Gasteiger partial charge in [0.05, 0.1) is 12.9 Å². The van der Waals surface area contributed by atoms with Crippen molar-refractivity contribution in [1.29, 1.82) is 5.26 Å². The van der Waals surface area contributed by atoms with Crippen LogP contribution in [-0.4, -0.2) is 39.5 Å². The number of ether oxygens (including phenoxy) is 1. The number of furan rings is 1. The Labute approximate surface area is 204 Å². The smallest absolute Gasteiger partial charge is 0.316 e. The zero-order chi connectivity index (χ0) is 24.8. The van der Waals surface area contributed by atoms with Crippen LogP contribution in [0.4, 0.5) is 11.8 Å². The van der Waals surface area contributed by atoms with Crippen LogP contribution in [-0.2, 0) is 20.9 Å². The van der Waals surface area contributed by atoms with Crippen molar-refractivity contribution in [3.63, 3.8) is 0 Å². The Kier molecular flexibility index (Phi) is 7.13. The molecule has 0 unspecified atom stereocenters. The molecule has 0 saturated carbocycles. The molecule has 0 aliphatic carbocycles. The number of nitrogens with one attached hydrogen (secondary N) is 1. The maximum absolute atomic E-state index is 12.9. The molecule has 0 aliphatic rings. The van der Waals surface area contributed by atoms with Gasteiger partial charge in [0.25, 0.3) is 0 Å². The number of nitrogen functional groups attached to an aromatic ring is 1. The van der Waals surface area contributed by atoms with E-state index in [-0.39, 0.29) is 34.9 Å². The van der Waals surface area contributed by atoms with Gasteiger partial charge >= 0.3 is 5.97 Å². The highest BCUT2D eigenvalue weighted by molar-refractivity contribution is 7.99. The number of nitrogens with zero attached hydrogens (tertiary/aromatic N) is 4. The summed E-state index contributed by atoms with van der Waals surface area (Å²) >= 11 is 1.04. The number of hydrogen-bond donors (Lipinski definition) is 2. The number of esters is 1. The lowest BCUT2D eigenvalue weighted by Crippen LogP contribution is -2.21. The number of nitrogens with two attached hydrogens (primary N) is 1. The van der Waals surface area contributed by atoms with Gasteiger partial charge in [-0.1, -0.05) is 72.4 Å². The van der Waals surface area contributed by atoms with Gasteiger partial charge < -0.3 is 14.9 Å². The molecular formula is C24H20N6O4S. The molecule has 4 aromatic rings. The highest BCUT2D eigenvalue weighted by Crippen LogP contribution is 2.41. The molecule has 1 amide bonds. The standard InChI is InChI=1S/C24H20N6O4S/c1-33-19(32)14-35-24-29-28-23(26)30(24)13-18(31)27-22-17(12-25)20(15-8-4-2-5-9-15)21(34-22)16-10-6-3-7-11-16/h2-11H,13-14H2,1H3,(H2,26,28)(H,27,31). The summed E-state index contributed by atoms with van der Waals surface area (Å²) in [6.07, 6.45) is 0. The number of aromatic nitrogens is 3. The number of amides is 1. The largest absolute Gasteiger partial charge is 0.468 e. The molecule has 2 heterocycles. The molecule has 2 aromatic heterocycles. The third-order valence-corrected chi connectivity index (χ3v) is 5.91. The molecule has 35 heavy (non-hydrogen) atoms. The Morgan fingerprint density at radius 1 is 1.11 bits per heavy atom. The van der Waals surface area contributed by atoms with Crippen LogP contribution >= 0.6 is 11.8 Å². The molecule has 0 aliphatic heterocycles. The van der Waals surface area contributed by atoms with Gasteiger partial charge in [0.1, 0.15) is 23.9 Å². The Hall–Kier alpha value is -4.56. The van der Waals surface area contributed by atoms with Gasteiger partial charge in [0.2, 0.25) is 17.7 Å². The fourth-order valence-corrected chi connectivity index (χ4v) is 4.12. The third-order valence-electron chi connectivity index (χ3n) is 4.97. The summed E-state index contributed by atoms with van der Waals surface area (Å²) in [6.45, 7) is -0.255. The van der Waals surface area contributed by atoms with Gasteiger partial charge in [0, 0.05) is 11.1 Å². The van der Waals surface area contributed by atoms with Crippen molar-refractivity contribution in [3.05, 3.63) is 66.2 Å². The Balaban J connectivity index is 1.65. The molecule has 0 radical (unpaired) electrons. The van der Waals surface area contributed by atoms with Gasteiger partial charge in [-0.05, 0) is 5.56 Å². The summed E-state index contributed by atoms with van der Waals surface area (Å²) in [5, 5.41) is 20.6. The number of anilines is 2. The van der Waals surface area contributed by atoms with E-state index in [1.54, 1.807) is 0 Å². The van der Waals surface area contributed by atoms with Crippen LogP contribution in [0.3, 0.4) is 0 Å². The summed E-state index contributed by atoms with van der Waals surface area (Å²) in [6, 6.07) is 20.8. The molecule has 10 nitrogen and oxygen atoms in total. The van der Waals surface area contributed by atoms with Gasteiger partial charge in [-0.2, -0.15) is 5.26 Å². The van der Waals surface area contributed by atoms with Gasteiger partial charge in [-0.25, -0.2) is 0 Å². The van der Waals surface area contributed by atoms with Crippen molar-refractivity contribution >= 4 is 35.5 Å². The van der Waals surface area contributed by atoms with E-state index in [9.17, 15) is 14.9 Å². The average molecular weight is 489 g/mol. The van der Waals surface area contributed by atoms with Crippen molar-refractivity contribution in [2.75, 3.05) is 23.9 Å². The molecule has 0 saturated heterocycles. The first-order valence-corrected chi connectivity index (χ1v) is 11.4. The normalized spacial score (nSPS) is 10.5. The second-order valence-corrected chi connectivity index (χ2v) is 8.14. The van der Waals surface area contributed by atoms with Crippen molar-refractivity contribution in [3.8, 4) is 28.5 Å². The van der Waals surface area contributed by atoms with Crippen molar-refractivity contribution in [2.24, 2.45) is 0 Å². The molecule has 11 heteroatoms. The fraction of sp³-hybridized carbons (Fsp3) is 0.125. The molecular weight excluding hydrogens is 468 g/mol. The second-order valence-electron chi connectivity index (χ2n) is 7.19. The summed E-state index contributed by atoms with van der Waals surface area (Å²) < 4.78 is 12.0. The number of carbonyl (C=O) groups excluding carboxylic acids is 2. The van der Waals surface area contributed by atoms with Gasteiger partial charge in [0.15, 0.2) is 5.16 Å². The van der Waals surface area contributed by atoms with E-state index in [0.29, 0.717) is 11.3 Å². The Bertz CT molecular complexity index is 1390. The number of thioether (sulfide) groups is 1. The Morgan fingerprint density at radius 2 is 1.77 bits per heavy atom. The second kappa shape index (κ2) is 10.6. The highest BCUT2D eigenvalue weighted by atomic mass is 32.2. The predicted octanol–water partition coefficient (Wildman–Crippen LogP) is 3.56. The maximum atomic E-state index is 12.9. The molecule has 0 fully saturated rings. The monoisotopic (exact) mass is 488 g/mol. The number of methoxy groups -OCH3 is 1. The van der Waals surface area contributed by atoms with E-state index < -0.39 is 11.9 Å². The lowest BCUT2D eigenvalue weighted by molar-refractivity contribution is -0.137. The summed E-state index contributed by atoms with van der Waals surface area (Å²) in [5.74, 6) is -0.507. The zero-order valence-corrected chi connectivity index (χ0v) is 19.4. The first kappa shape index (κ1) is 23.6. The van der Waals surface area contributed by atoms with E-state index >= 15 is 0 Å². The van der Waals surface area contributed by atoms with Crippen molar-refractivity contribution < 1.29 is 18.7 Å². The lowest BCUT2D eigenvalue weighted by Gasteiger charge is -2.07. The van der Waals surface area contributed by atoms with Crippen LogP contribution in [0.25, 0.3) is 22.5 Å². The molecule has 0 bridgehead atoms. The number of rotatable bonds is 8. The van der Waals surface area contributed by atoms with Gasteiger partial charge in [-0.15, -0.1) is 10.2 Å². The minimum Gasteiger partial charge on any atom is -0.468 e. The minimum atomic E-state index is -0.513.